The maximum absolute atomic E-state index is 5.78. The Balaban J connectivity index is 1.53. The van der Waals surface area contributed by atoms with Gasteiger partial charge in [0.25, 0.3) is 0 Å². The monoisotopic (exact) mass is 361 g/mol. The predicted octanol–water partition coefficient (Wildman–Crippen LogP) is 4.17. The third-order valence-corrected chi connectivity index (χ3v) is 5.02. The number of pyridine rings is 1. The minimum Gasteiger partial charge on any atom is -0.491 e. The van der Waals surface area contributed by atoms with E-state index < -0.39 is 0 Å². The Morgan fingerprint density at radius 3 is 2.78 bits per heavy atom. The Labute approximate surface area is 161 Å². The summed E-state index contributed by atoms with van der Waals surface area (Å²) in [6.07, 6.45) is 2.21. The summed E-state index contributed by atoms with van der Waals surface area (Å²) in [5.74, 6) is 0.933. The Morgan fingerprint density at radius 1 is 1.15 bits per heavy atom. The topological polar surface area (TPSA) is 37.4 Å². The number of ether oxygens (including phenoxy) is 1. The first-order chi connectivity index (χ1) is 13.2. The zero-order valence-corrected chi connectivity index (χ0v) is 16.1. The van der Waals surface area contributed by atoms with Crippen LogP contribution in [-0.2, 0) is 6.54 Å². The van der Waals surface area contributed by atoms with Gasteiger partial charge in [-0.3, -0.25) is 9.88 Å². The molecule has 1 fully saturated rings. The molecule has 1 N–H and O–H groups in total. The van der Waals surface area contributed by atoms with Crippen molar-refractivity contribution in [2.24, 2.45) is 0 Å². The standard InChI is InChI=1S/C23H27N3O/c1-17(2)27-21-9-7-19(8-10-21)23-15-24-11-12-26(23)16-18-13-20-5-3-4-6-22(20)25-14-18/h3-10,13-14,17,23-24H,11-12,15-16H2,1-2H3. The summed E-state index contributed by atoms with van der Waals surface area (Å²) in [6.45, 7) is 8.03. The summed E-state index contributed by atoms with van der Waals surface area (Å²) in [4.78, 5) is 7.17. The van der Waals surface area contributed by atoms with Crippen molar-refractivity contribution in [3.63, 3.8) is 0 Å². The number of hydrogen-bond acceptors (Lipinski definition) is 4. The summed E-state index contributed by atoms with van der Waals surface area (Å²) >= 11 is 0. The molecular weight excluding hydrogens is 334 g/mol. The molecule has 2 aromatic carbocycles. The molecule has 1 unspecified atom stereocenters. The van der Waals surface area contributed by atoms with Gasteiger partial charge in [-0.05, 0) is 49.2 Å². The number of fused-ring (bicyclic) bond motifs is 1. The van der Waals surface area contributed by atoms with Crippen LogP contribution >= 0.6 is 0 Å². The fourth-order valence-electron chi connectivity index (χ4n) is 3.74. The molecule has 1 atom stereocenters. The zero-order chi connectivity index (χ0) is 18.6. The minimum absolute atomic E-state index is 0.198. The second-order valence-corrected chi connectivity index (χ2v) is 7.46. The molecule has 140 valence electrons. The van der Waals surface area contributed by atoms with Gasteiger partial charge >= 0.3 is 0 Å². The number of nitrogens with zero attached hydrogens (tertiary/aromatic N) is 2. The summed E-state index contributed by atoms with van der Waals surface area (Å²) in [5, 5.41) is 4.74. The van der Waals surface area contributed by atoms with Gasteiger partial charge in [-0.1, -0.05) is 30.3 Å². The van der Waals surface area contributed by atoms with Crippen LogP contribution in [0.25, 0.3) is 10.9 Å². The van der Waals surface area contributed by atoms with Gasteiger partial charge in [0.15, 0.2) is 0 Å². The van der Waals surface area contributed by atoms with Crippen LogP contribution in [0.1, 0.15) is 31.0 Å². The minimum atomic E-state index is 0.198. The highest BCUT2D eigenvalue weighted by molar-refractivity contribution is 5.78. The van der Waals surface area contributed by atoms with E-state index in [9.17, 15) is 0 Å². The molecule has 4 nitrogen and oxygen atoms in total. The highest BCUT2D eigenvalue weighted by Crippen LogP contribution is 2.26. The highest BCUT2D eigenvalue weighted by atomic mass is 16.5. The molecule has 0 aliphatic carbocycles. The first kappa shape index (κ1) is 18.0. The Morgan fingerprint density at radius 2 is 1.96 bits per heavy atom. The second kappa shape index (κ2) is 8.07. The van der Waals surface area contributed by atoms with E-state index in [0.29, 0.717) is 6.04 Å². The van der Waals surface area contributed by atoms with Crippen LogP contribution in [0.4, 0.5) is 0 Å². The van der Waals surface area contributed by atoms with E-state index in [0.717, 1.165) is 37.4 Å². The number of hydrogen-bond donors (Lipinski definition) is 1. The lowest BCUT2D eigenvalue weighted by molar-refractivity contribution is 0.153. The van der Waals surface area contributed by atoms with E-state index in [1.165, 1.54) is 16.5 Å². The first-order valence-electron chi connectivity index (χ1n) is 9.74. The van der Waals surface area contributed by atoms with Crippen LogP contribution < -0.4 is 10.1 Å². The molecule has 27 heavy (non-hydrogen) atoms. The largest absolute Gasteiger partial charge is 0.491 e. The van der Waals surface area contributed by atoms with Crippen molar-refractivity contribution in [1.82, 2.24) is 15.2 Å². The Bertz CT molecular complexity index is 892. The third kappa shape index (κ3) is 4.29. The first-order valence-corrected chi connectivity index (χ1v) is 9.74. The van der Waals surface area contributed by atoms with Gasteiger partial charge in [-0.15, -0.1) is 0 Å². The van der Waals surface area contributed by atoms with Gasteiger partial charge in [0, 0.05) is 43.8 Å². The van der Waals surface area contributed by atoms with Crippen molar-refractivity contribution in [3.05, 3.63) is 71.9 Å². The number of benzene rings is 2. The second-order valence-electron chi connectivity index (χ2n) is 7.46. The normalized spacial score (nSPS) is 18.1. The van der Waals surface area contributed by atoms with E-state index in [2.05, 4.69) is 77.6 Å². The smallest absolute Gasteiger partial charge is 0.119 e. The molecule has 0 spiro atoms. The number of piperazine rings is 1. The summed E-state index contributed by atoms with van der Waals surface area (Å²) in [6, 6.07) is 19.5. The van der Waals surface area contributed by atoms with Crippen molar-refractivity contribution >= 4 is 10.9 Å². The van der Waals surface area contributed by atoms with Gasteiger partial charge in [-0.25, -0.2) is 0 Å². The number of nitrogens with one attached hydrogen (secondary N) is 1. The molecule has 4 rings (SSSR count). The van der Waals surface area contributed by atoms with Crippen molar-refractivity contribution in [3.8, 4) is 5.75 Å². The van der Waals surface area contributed by atoms with Crippen molar-refractivity contribution in [1.29, 1.82) is 0 Å². The number of para-hydroxylation sites is 1. The summed E-state index contributed by atoms with van der Waals surface area (Å²) in [5.41, 5.74) is 3.64. The van der Waals surface area contributed by atoms with E-state index >= 15 is 0 Å². The van der Waals surface area contributed by atoms with Crippen molar-refractivity contribution in [2.45, 2.75) is 32.5 Å². The molecule has 4 heteroatoms. The van der Waals surface area contributed by atoms with Gasteiger partial charge in [0.2, 0.25) is 0 Å². The van der Waals surface area contributed by atoms with Crippen LogP contribution in [-0.4, -0.2) is 35.6 Å². The van der Waals surface area contributed by atoms with E-state index in [4.69, 9.17) is 4.74 Å². The maximum atomic E-state index is 5.78. The molecule has 0 amide bonds. The van der Waals surface area contributed by atoms with Crippen LogP contribution in [0.15, 0.2) is 60.8 Å². The number of rotatable bonds is 5. The van der Waals surface area contributed by atoms with Crippen LogP contribution in [0, 0.1) is 0 Å². The lowest BCUT2D eigenvalue weighted by Crippen LogP contribution is -2.45. The van der Waals surface area contributed by atoms with Crippen LogP contribution in [0.3, 0.4) is 0 Å². The van der Waals surface area contributed by atoms with E-state index in [1.807, 2.05) is 12.3 Å². The SMILES string of the molecule is CC(C)Oc1ccc(C2CNCCN2Cc2cnc3ccccc3c2)cc1. The molecule has 0 saturated carbocycles. The van der Waals surface area contributed by atoms with E-state index in [1.54, 1.807) is 0 Å². The van der Waals surface area contributed by atoms with Gasteiger partial charge in [0.1, 0.15) is 5.75 Å². The quantitative estimate of drug-likeness (QED) is 0.740. The van der Waals surface area contributed by atoms with Gasteiger partial charge in [0.05, 0.1) is 11.6 Å². The molecule has 0 radical (unpaired) electrons. The maximum Gasteiger partial charge on any atom is 0.119 e. The summed E-state index contributed by atoms with van der Waals surface area (Å²) in [7, 11) is 0. The highest BCUT2D eigenvalue weighted by Gasteiger charge is 2.24. The van der Waals surface area contributed by atoms with Crippen molar-refractivity contribution in [2.75, 3.05) is 19.6 Å². The zero-order valence-electron chi connectivity index (χ0n) is 16.1. The Kier molecular flexibility index (Phi) is 5.37. The molecule has 1 saturated heterocycles. The molecule has 1 aromatic heterocycles. The van der Waals surface area contributed by atoms with Crippen LogP contribution in [0.5, 0.6) is 5.75 Å². The third-order valence-electron chi connectivity index (χ3n) is 5.02. The van der Waals surface area contributed by atoms with Gasteiger partial charge in [-0.2, -0.15) is 0 Å². The fraction of sp³-hybridized carbons (Fsp3) is 0.348. The fourth-order valence-corrected chi connectivity index (χ4v) is 3.74. The molecule has 0 bridgehead atoms. The summed E-state index contributed by atoms with van der Waals surface area (Å²) < 4.78 is 5.78. The average molecular weight is 361 g/mol. The molecule has 3 aromatic rings. The predicted molar refractivity (Wildman–Crippen MR) is 110 cm³/mol. The van der Waals surface area contributed by atoms with Gasteiger partial charge < -0.3 is 10.1 Å². The molecule has 1 aliphatic heterocycles. The molecule has 2 heterocycles. The van der Waals surface area contributed by atoms with E-state index in [-0.39, 0.29) is 6.10 Å². The molecular formula is C23H27N3O. The lowest BCUT2D eigenvalue weighted by Gasteiger charge is -2.36. The Hall–Kier alpha value is -2.43. The number of aromatic nitrogens is 1. The molecule has 1 aliphatic rings. The lowest BCUT2D eigenvalue weighted by atomic mass is 10.0. The van der Waals surface area contributed by atoms with Crippen LogP contribution in [0.2, 0.25) is 0 Å². The average Bonchev–Trinajstić information content (AvgIpc) is 2.69. The van der Waals surface area contributed by atoms with Crippen molar-refractivity contribution < 1.29 is 4.74 Å².